The fourth-order valence-corrected chi connectivity index (χ4v) is 3.40. The number of aromatic nitrogens is 1. The zero-order valence-electron chi connectivity index (χ0n) is 15.7. The Morgan fingerprint density at radius 1 is 1.26 bits per heavy atom. The van der Waals surface area contributed by atoms with Gasteiger partial charge in [-0.3, -0.25) is 4.79 Å². The number of rotatable bonds is 7. The molecule has 0 fully saturated rings. The van der Waals surface area contributed by atoms with Crippen LogP contribution in [0.1, 0.15) is 30.0 Å². The smallest absolute Gasteiger partial charge is 0.236 e. The summed E-state index contributed by atoms with van der Waals surface area (Å²) in [7, 11) is 3.18. The van der Waals surface area contributed by atoms with Crippen LogP contribution < -0.4 is 14.8 Å². The first kappa shape index (κ1) is 19.0. The lowest BCUT2D eigenvalue weighted by molar-refractivity contribution is -0.121. The van der Waals surface area contributed by atoms with Crippen molar-refractivity contribution in [3.63, 3.8) is 0 Å². The number of carbonyl (C=O) groups is 1. The van der Waals surface area contributed by atoms with Gasteiger partial charge in [-0.05, 0) is 43.0 Å². The molecule has 0 radical (unpaired) electrons. The molecule has 3 aromatic rings. The standard InChI is InChI=1S/C20H22N2O4S/c1-12(14-7-8-16(24-3)17(10-14)25-4)21-19(23)11-15-13(2)26-20(22-15)18-6-5-9-27-18/h5-10,12H,11H2,1-4H3,(H,21,23). The van der Waals surface area contributed by atoms with Crippen LogP contribution in [0, 0.1) is 6.92 Å². The average Bonchev–Trinajstić information content (AvgIpc) is 3.31. The van der Waals surface area contributed by atoms with E-state index in [0.29, 0.717) is 28.8 Å². The molecule has 1 amide bonds. The third-order valence-electron chi connectivity index (χ3n) is 4.24. The van der Waals surface area contributed by atoms with Crippen LogP contribution in [0.15, 0.2) is 40.1 Å². The molecule has 7 heteroatoms. The Balaban J connectivity index is 1.67. The number of aryl methyl sites for hydroxylation is 1. The number of nitrogens with zero attached hydrogens (tertiary/aromatic N) is 1. The van der Waals surface area contributed by atoms with Gasteiger partial charge in [-0.1, -0.05) is 12.1 Å². The molecule has 0 aliphatic rings. The van der Waals surface area contributed by atoms with E-state index in [1.165, 1.54) is 0 Å². The van der Waals surface area contributed by atoms with Crippen molar-refractivity contribution in [3.8, 4) is 22.3 Å². The van der Waals surface area contributed by atoms with Gasteiger partial charge in [0.15, 0.2) is 11.5 Å². The highest BCUT2D eigenvalue weighted by atomic mass is 32.1. The highest BCUT2D eigenvalue weighted by Gasteiger charge is 2.17. The summed E-state index contributed by atoms with van der Waals surface area (Å²) in [6.07, 6.45) is 0.165. The molecule has 1 aromatic carbocycles. The molecule has 2 heterocycles. The minimum atomic E-state index is -0.179. The van der Waals surface area contributed by atoms with Gasteiger partial charge in [0.1, 0.15) is 5.76 Å². The van der Waals surface area contributed by atoms with E-state index < -0.39 is 0 Å². The number of carbonyl (C=O) groups excluding carboxylic acids is 1. The normalized spacial score (nSPS) is 11.9. The molecular formula is C20H22N2O4S. The highest BCUT2D eigenvalue weighted by Crippen LogP contribution is 2.30. The summed E-state index contributed by atoms with van der Waals surface area (Å²) < 4.78 is 16.3. The molecule has 0 aliphatic carbocycles. The first-order chi connectivity index (χ1) is 13.0. The molecule has 6 nitrogen and oxygen atoms in total. The lowest BCUT2D eigenvalue weighted by Gasteiger charge is -2.16. The summed E-state index contributed by atoms with van der Waals surface area (Å²) in [5.74, 6) is 2.38. The Kier molecular flexibility index (Phi) is 5.81. The summed E-state index contributed by atoms with van der Waals surface area (Å²) in [5, 5.41) is 4.95. The minimum absolute atomic E-state index is 0.119. The number of ether oxygens (including phenoxy) is 2. The van der Waals surface area contributed by atoms with E-state index in [-0.39, 0.29) is 18.4 Å². The van der Waals surface area contributed by atoms with E-state index in [1.54, 1.807) is 25.6 Å². The highest BCUT2D eigenvalue weighted by molar-refractivity contribution is 7.13. The van der Waals surface area contributed by atoms with Crippen molar-refractivity contribution in [2.24, 2.45) is 0 Å². The third kappa shape index (κ3) is 4.31. The Bertz CT molecular complexity index is 918. The largest absolute Gasteiger partial charge is 0.493 e. The van der Waals surface area contributed by atoms with Crippen LogP contribution >= 0.6 is 11.3 Å². The summed E-state index contributed by atoms with van der Waals surface area (Å²) in [4.78, 5) is 17.9. The van der Waals surface area contributed by atoms with E-state index in [9.17, 15) is 4.79 Å². The number of nitrogens with one attached hydrogen (secondary N) is 1. The van der Waals surface area contributed by atoms with E-state index in [1.807, 2.05) is 49.6 Å². The van der Waals surface area contributed by atoms with Crippen molar-refractivity contribution in [1.29, 1.82) is 0 Å². The van der Waals surface area contributed by atoms with Crippen molar-refractivity contribution in [1.82, 2.24) is 10.3 Å². The minimum Gasteiger partial charge on any atom is -0.493 e. The monoisotopic (exact) mass is 386 g/mol. The van der Waals surface area contributed by atoms with Crippen molar-refractivity contribution in [2.75, 3.05) is 14.2 Å². The van der Waals surface area contributed by atoms with Gasteiger partial charge in [0.05, 0.1) is 37.3 Å². The van der Waals surface area contributed by atoms with E-state index in [4.69, 9.17) is 13.9 Å². The van der Waals surface area contributed by atoms with E-state index >= 15 is 0 Å². The topological polar surface area (TPSA) is 73.6 Å². The lowest BCUT2D eigenvalue weighted by atomic mass is 10.1. The summed E-state index contributed by atoms with van der Waals surface area (Å²) in [6.45, 7) is 3.75. The molecule has 0 saturated heterocycles. The number of hydrogen-bond donors (Lipinski definition) is 1. The maximum Gasteiger partial charge on any atom is 0.236 e. The predicted octanol–water partition coefficient (Wildman–Crippen LogP) is 4.15. The Hall–Kier alpha value is -2.80. The number of hydrogen-bond acceptors (Lipinski definition) is 6. The van der Waals surface area contributed by atoms with E-state index in [2.05, 4.69) is 10.3 Å². The van der Waals surface area contributed by atoms with Crippen LogP contribution in [0.2, 0.25) is 0 Å². The summed E-state index contributed by atoms with van der Waals surface area (Å²) >= 11 is 1.55. The SMILES string of the molecule is COc1ccc(C(C)NC(=O)Cc2nc(-c3cccs3)oc2C)cc1OC. The molecule has 0 bridgehead atoms. The van der Waals surface area contributed by atoms with Crippen molar-refractivity contribution >= 4 is 17.2 Å². The number of benzene rings is 1. The van der Waals surface area contributed by atoms with Gasteiger partial charge in [-0.25, -0.2) is 4.98 Å². The first-order valence-electron chi connectivity index (χ1n) is 8.53. The third-order valence-corrected chi connectivity index (χ3v) is 5.10. The quantitative estimate of drug-likeness (QED) is 0.660. The van der Waals surface area contributed by atoms with Crippen LogP contribution in [0.3, 0.4) is 0 Å². The van der Waals surface area contributed by atoms with Gasteiger partial charge < -0.3 is 19.2 Å². The first-order valence-corrected chi connectivity index (χ1v) is 9.41. The second kappa shape index (κ2) is 8.26. The maximum absolute atomic E-state index is 12.5. The molecule has 0 spiro atoms. The van der Waals surface area contributed by atoms with Gasteiger partial charge in [0.25, 0.3) is 0 Å². The van der Waals surface area contributed by atoms with Gasteiger partial charge in [-0.2, -0.15) is 0 Å². The molecule has 142 valence electrons. The molecule has 0 saturated carbocycles. The Labute approximate surface area is 162 Å². The molecule has 3 rings (SSSR count). The number of oxazole rings is 1. The van der Waals surface area contributed by atoms with E-state index in [0.717, 1.165) is 10.4 Å². The zero-order valence-corrected chi connectivity index (χ0v) is 16.6. The second-order valence-electron chi connectivity index (χ2n) is 6.08. The van der Waals surface area contributed by atoms with Gasteiger partial charge in [-0.15, -0.1) is 11.3 Å². The van der Waals surface area contributed by atoms with Gasteiger partial charge in [0.2, 0.25) is 11.8 Å². The molecule has 0 aliphatic heterocycles. The number of thiophene rings is 1. The van der Waals surface area contributed by atoms with Crippen LogP contribution in [0.25, 0.3) is 10.8 Å². The molecule has 1 N–H and O–H groups in total. The average molecular weight is 386 g/mol. The van der Waals surface area contributed by atoms with Crippen LogP contribution in [-0.2, 0) is 11.2 Å². The van der Waals surface area contributed by atoms with Gasteiger partial charge in [0, 0.05) is 0 Å². The number of methoxy groups -OCH3 is 2. The Morgan fingerprint density at radius 2 is 2.04 bits per heavy atom. The predicted molar refractivity (Wildman–Crippen MR) is 104 cm³/mol. The fraction of sp³-hybridized carbons (Fsp3) is 0.300. The number of amides is 1. The molecular weight excluding hydrogens is 364 g/mol. The lowest BCUT2D eigenvalue weighted by Crippen LogP contribution is -2.28. The van der Waals surface area contributed by atoms with Crippen molar-refractivity contribution in [3.05, 3.63) is 52.7 Å². The van der Waals surface area contributed by atoms with Crippen LogP contribution in [0.5, 0.6) is 11.5 Å². The maximum atomic E-state index is 12.5. The van der Waals surface area contributed by atoms with Crippen LogP contribution in [0.4, 0.5) is 0 Å². The summed E-state index contributed by atoms with van der Waals surface area (Å²) in [5.41, 5.74) is 1.58. The van der Waals surface area contributed by atoms with Crippen molar-refractivity contribution in [2.45, 2.75) is 26.3 Å². The molecule has 27 heavy (non-hydrogen) atoms. The Morgan fingerprint density at radius 3 is 2.70 bits per heavy atom. The van der Waals surface area contributed by atoms with Crippen molar-refractivity contribution < 1.29 is 18.7 Å². The molecule has 1 unspecified atom stereocenters. The zero-order chi connectivity index (χ0) is 19.4. The van der Waals surface area contributed by atoms with Crippen LogP contribution in [-0.4, -0.2) is 25.1 Å². The molecule has 1 atom stereocenters. The second-order valence-corrected chi connectivity index (χ2v) is 7.03. The molecule has 2 aromatic heterocycles. The summed E-state index contributed by atoms with van der Waals surface area (Å²) in [6, 6.07) is 9.30. The fourth-order valence-electron chi connectivity index (χ4n) is 2.75. The van der Waals surface area contributed by atoms with Gasteiger partial charge >= 0.3 is 0 Å².